The summed E-state index contributed by atoms with van der Waals surface area (Å²) in [6.07, 6.45) is 4.74. The van der Waals surface area contributed by atoms with E-state index in [9.17, 15) is 13.2 Å². The molecular weight excluding hydrogens is 556 g/mol. The molecule has 1 aliphatic rings. The Morgan fingerprint density at radius 1 is 1.18 bits per heavy atom. The maximum Gasteiger partial charge on any atom is 0.443 e. The average Bonchev–Trinajstić information content (AvgIpc) is 3.28. The monoisotopic (exact) mass is 575 g/mol. The summed E-state index contributed by atoms with van der Waals surface area (Å²) in [5.41, 5.74) is 2.77. The van der Waals surface area contributed by atoms with Crippen molar-refractivity contribution in [2.75, 3.05) is 0 Å². The predicted molar refractivity (Wildman–Crippen MR) is 135 cm³/mol. The van der Waals surface area contributed by atoms with E-state index in [1.54, 1.807) is 42.3 Å². The Morgan fingerprint density at radius 3 is 2.64 bits per heavy atom. The fourth-order valence-electron chi connectivity index (χ4n) is 4.50. The molecule has 1 N–H and O–H groups in total. The summed E-state index contributed by atoms with van der Waals surface area (Å²) in [5.74, 6) is -0.0948. The number of hydrogen-bond donors (Lipinski definition) is 1. The number of benzene rings is 1. The van der Waals surface area contributed by atoms with Crippen molar-refractivity contribution in [3.63, 3.8) is 0 Å². The maximum atomic E-state index is 15.2. The number of rotatable bonds is 7. The minimum atomic E-state index is -4.50. The molecule has 1 aromatic carbocycles. The van der Waals surface area contributed by atoms with E-state index in [4.69, 9.17) is 11.6 Å². The van der Waals surface area contributed by atoms with Crippen molar-refractivity contribution in [2.45, 2.75) is 38.4 Å². The molecule has 200 valence electrons. The van der Waals surface area contributed by atoms with Crippen LogP contribution in [0.15, 0.2) is 49.2 Å². The van der Waals surface area contributed by atoms with E-state index in [1.807, 2.05) is 6.07 Å². The van der Waals surface area contributed by atoms with Gasteiger partial charge >= 0.3 is 6.18 Å². The number of aromatic nitrogens is 8. The third-order valence-corrected chi connectivity index (χ3v) is 8.15. The van der Waals surface area contributed by atoms with Crippen LogP contribution in [-0.4, -0.2) is 35.3 Å². The van der Waals surface area contributed by atoms with Crippen LogP contribution in [0.1, 0.15) is 41.7 Å². The quantitative estimate of drug-likeness (QED) is 0.191. The van der Waals surface area contributed by atoms with E-state index in [1.165, 1.54) is 17.1 Å². The lowest BCUT2D eigenvalue weighted by Crippen LogP contribution is -2.33. The van der Waals surface area contributed by atoms with Crippen LogP contribution in [0.2, 0.25) is 5.02 Å². The fourth-order valence-corrected chi connectivity index (χ4v) is 5.57. The first-order valence-corrected chi connectivity index (χ1v) is 13.2. The second kappa shape index (κ2) is 9.79. The molecule has 0 unspecified atom stereocenters. The molecular formula is C25H20ClF4N8S+. The number of alkyl halides is 3. The van der Waals surface area contributed by atoms with E-state index >= 15 is 4.39 Å². The first-order valence-electron chi connectivity index (χ1n) is 12.0. The summed E-state index contributed by atoms with van der Waals surface area (Å²) in [6.45, 7) is 1.56. The molecule has 0 saturated heterocycles. The number of halogens is 5. The first kappa shape index (κ1) is 25.6. The van der Waals surface area contributed by atoms with Crippen molar-refractivity contribution in [2.24, 2.45) is 5.92 Å². The summed E-state index contributed by atoms with van der Waals surface area (Å²) >= 11 is 6.69. The Hall–Kier alpha value is -3.71. The van der Waals surface area contributed by atoms with E-state index in [0.717, 1.165) is 19.3 Å². The molecule has 1 atom stereocenters. The molecule has 14 heteroatoms. The molecule has 5 aromatic rings. The molecule has 1 saturated carbocycles. The van der Waals surface area contributed by atoms with Gasteiger partial charge in [-0.3, -0.25) is 9.67 Å². The van der Waals surface area contributed by atoms with Gasteiger partial charge in [-0.25, -0.2) is 9.37 Å². The van der Waals surface area contributed by atoms with Gasteiger partial charge in [0.2, 0.25) is 0 Å². The first-order chi connectivity index (χ1) is 18.7. The molecule has 39 heavy (non-hydrogen) atoms. The van der Waals surface area contributed by atoms with Gasteiger partial charge in [-0.15, -0.1) is 16.0 Å². The molecule has 4 heterocycles. The van der Waals surface area contributed by atoms with Crippen molar-refractivity contribution >= 4 is 22.9 Å². The van der Waals surface area contributed by atoms with E-state index in [2.05, 4.69) is 30.6 Å². The zero-order valence-corrected chi connectivity index (χ0v) is 21.9. The van der Waals surface area contributed by atoms with Crippen molar-refractivity contribution in [1.82, 2.24) is 35.3 Å². The maximum absolute atomic E-state index is 15.2. The summed E-state index contributed by atoms with van der Waals surface area (Å²) in [5, 5.41) is 13.7. The van der Waals surface area contributed by atoms with Gasteiger partial charge in [0.25, 0.3) is 6.33 Å². The minimum Gasteiger partial charge on any atom is -0.263 e. The highest BCUT2D eigenvalue weighted by molar-refractivity contribution is 7.15. The summed E-state index contributed by atoms with van der Waals surface area (Å²) < 4.78 is 58.0. The highest BCUT2D eigenvalue weighted by Gasteiger charge is 2.36. The van der Waals surface area contributed by atoms with Crippen LogP contribution in [0.3, 0.4) is 0 Å². The summed E-state index contributed by atoms with van der Waals surface area (Å²) in [6, 6.07) is 6.43. The van der Waals surface area contributed by atoms with Gasteiger partial charge in [0.1, 0.15) is 10.8 Å². The highest BCUT2D eigenvalue weighted by Crippen LogP contribution is 2.41. The van der Waals surface area contributed by atoms with E-state index < -0.39 is 17.0 Å². The molecule has 0 amide bonds. The van der Waals surface area contributed by atoms with Gasteiger partial charge in [-0.2, -0.15) is 18.3 Å². The van der Waals surface area contributed by atoms with Crippen molar-refractivity contribution < 1.29 is 22.2 Å². The number of hydrogen-bond acceptors (Lipinski definition) is 6. The highest BCUT2D eigenvalue weighted by atomic mass is 35.5. The molecule has 1 aliphatic carbocycles. The van der Waals surface area contributed by atoms with Crippen LogP contribution in [0.4, 0.5) is 17.6 Å². The predicted octanol–water partition coefficient (Wildman–Crippen LogP) is 5.97. The molecule has 1 fully saturated rings. The summed E-state index contributed by atoms with van der Waals surface area (Å²) in [7, 11) is 0. The molecule has 6 rings (SSSR count). The lowest BCUT2D eigenvalue weighted by atomic mass is 10.0. The zero-order chi connectivity index (χ0) is 27.3. The molecule has 8 nitrogen and oxygen atoms in total. The van der Waals surface area contributed by atoms with Crippen LogP contribution in [-0.2, 0) is 6.18 Å². The van der Waals surface area contributed by atoms with Crippen LogP contribution in [0.25, 0.3) is 27.3 Å². The molecule has 0 aliphatic heterocycles. The van der Waals surface area contributed by atoms with Gasteiger partial charge in [0.15, 0.2) is 16.0 Å². The standard InChI is InChI=1S/C25H19ClF4N8S/c1-13-23(39-24(34-13)25(28,29)30)16-10-33-37(11-16)20(8-14-2-3-14)18-6-4-15(9-31-18)21-19(38-12-32-35-36-38)7-5-17(26)22(21)27/h4-7,9-12,14,20H,2-3,8H2,1H3/p+1/t20-/m1/s1. The topological polar surface area (TPSA) is 89.0 Å². The van der Waals surface area contributed by atoms with Gasteiger partial charge in [0, 0.05) is 23.5 Å². The van der Waals surface area contributed by atoms with Gasteiger partial charge in [-0.05, 0) is 37.5 Å². The normalized spacial score (nSPS) is 14.6. The number of pyridine rings is 1. The van der Waals surface area contributed by atoms with E-state index in [-0.39, 0.29) is 16.6 Å². The lowest BCUT2D eigenvalue weighted by Gasteiger charge is -2.18. The van der Waals surface area contributed by atoms with Crippen LogP contribution < -0.4 is 4.68 Å². The number of nitrogens with zero attached hydrogens (tertiary/aromatic N) is 7. The average molecular weight is 576 g/mol. The number of nitrogens with one attached hydrogen (secondary N) is 1. The Kier molecular flexibility index (Phi) is 6.42. The van der Waals surface area contributed by atoms with Crippen molar-refractivity contribution in [3.8, 4) is 27.3 Å². The third kappa shape index (κ3) is 5.03. The smallest absolute Gasteiger partial charge is 0.263 e. The molecule has 4 aromatic heterocycles. The number of tetrazole rings is 1. The molecule has 0 spiro atoms. The number of aryl methyl sites for hydroxylation is 1. The third-order valence-electron chi connectivity index (χ3n) is 6.60. The Morgan fingerprint density at radius 2 is 2.00 bits per heavy atom. The molecule has 0 bridgehead atoms. The minimum absolute atomic E-state index is 0.0337. The van der Waals surface area contributed by atoms with Gasteiger partial charge in [0.05, 0.1) is 39.1 Å². The van der Waals surface area contributed by atoms with Gasteiger partial charge < -0.3 is 0 Å². The Balaban J connectivity index is 1.35. The van der Waals surface area contributed by atoms with Crippen LogP contribution in [0.5, 0.6) is 0 Å². The Bertz CT molecular complexity index is 1620. The van der Waals surface area contributed by atoms with Crippen LogP contribution in [0, 0.1) is 18.7 Å². The lowest BCUT2D eigenvalue weighted by molar-refractivity contribution is -0.659. The number of thiazole rings is 1. The van der Waals surface area contributed by atoms with Crippen molar-refractivity contribution in [1.29, 1.82) is 0 Å². The molecule has 0 radical (unpaired) electrons. The number of H-pyrrole nitrogens is 1. The largest absolute Gasteiger partial charge is 0.443 e. The fraction of sp³-hybridized carbons (Fsp3) is 0.280. The number of aromatic amines is 1. The van der Waals surface area contributed by atoms with Crippen molar-refractivity contribution in [3.05, 3.63) is 76.4 Å². The SMILES string of the molecule is Cc1nc(C(F)(F)F)sc1-c1cnn([C@H](CC2CC2)c2ccc(-c3c(-[n+]4cnn[nH]4)ccc(Cl)c3F)cn2)c1. The summed E-state index contributed by atoms with van der Waals surface area (Å²) in [4.78, 5) is 8.79. The second-order valence-electron chi connectivity index (χ2n) is 9.36. The van der Waals surface area contributed by atoms with Crippen LogP contribution >= 0.6 is 22.9 Å². The Labute approximate surface area is 228 Å². The van der Waals surface area contributed by atoms with E-state index in [0.29, 0.717) is 50.3 Å². The van der Waals surface area contributed by atoms with Gasteiger partial charge in [-0.1, -0.05) is 35.7 Å². The zero-order valence-electron chi connectivity index (χ0n) is 20.3. The second-order valence-corrected chi connectivity index (χ2v) is 10.8.